The molecule has 0 fully saturated rings. The van der Waals surface area contributed by atoms with Crippen molar-refractivity contribution in [2.45, 2.75) is 78.9 Å². The molecule has 5 nitrogen and oxygen atoms in total. The van der Waals surface area contributed by atoms with Crippen molar-refractivity contribution in [1.29, 1.82) is 0 Å². The molecule has 3 N–H and O–H groups in total. The van der Waals surface area contributed by atoms with Gasteiger partial charge in [-0.1, -0.05) is 33.6 Å². The van der Waals surface area contributed by atoms with Gasteiger partial charge >= 0.3 is 5.97 Å². The molecule has 0 aliphatic heterocycles. The normalized spacial score (nSPS) is 13.9. The summed E-state index contributed by atoms with van der Waals surface area (Å²) in [5, 5.41) is 25.1. The van der Waals surface area contributed by atoms with Gasteiger partial charge in [0.2, 0.25) is 0 Å². The third-order valence-electron chi connectivity index (χ3n) is 3.52. The zero-order valence-electron chi connectivity index (χ0n) is 14.3. The summed E-state index contributed by atoms with van der Waals surface area (Å²) in [6.07, 6.45) is 3.49. The molecule has 0 amide bonds. The highest BCUT2D eigenvalue weighted by atomic mass is 16.5. The Bertz CT molecular complexity index is 247. The van der Waals surface area contributed by atoms with E-state index < -0.39 is 12.2 Å². The van der Waals surface area contributed by atoms with Crippen molar-refractivity contribution in [3.8, 4) is 0 Å². The van der Waals surface area contributed by atoms with Gasteiger partial charge in [0.25, 0.3) is 0 Å². The smallest absolute Gasteiger partial charge is 0.312 e. The number of carbonyl (C=O) groups is 1. The Morgan fingerprint density at radius 3 is 1.86 bits per heavy atom. The molecule has 21 heavy (non-hydrogen) atoms. The number of carbonyl (C=O) groups excluding carboxylic acids is 1. The second-order valence-electron chi connectivity index (χ2n) is 5.57. The molecule has 128 valence electrons. The van der Waals surface area contributed by atoms with E-state index in [1.54, 1.807) is 6.92 Å². The molecule has 0 spiro atoms. The molecule has 0 saturated carbocycles. The maximum absolute atomic E-state index is 12.0. The van der Waals surface area contributed by atoms with Crippen LogP contribution in [-0.2, 0) is 9.53 Å². The Labute approximate surface area is 129 Å². The van der Waals surface area contributed by atoms with Crippen LogP contribution in [0.5, 0.6) is 0 Å². The average molecular weight is 306 g/mol. The minimum atomic E-state index is -0.582. The maximum Gasteiger partial charge on any atom is 0.312 e. The van der Waals surface area contributed by atoms with Gasteiger partial charge in [0.15, 0.2) is 0 Å². The molecule has 0 heterocycles. The van der Waals surface area contributed by atoms with Gasteiger partial charge in [0.1, 0.15) is 6.61 Å². The van der Waals surface area contributed by atoms with E-state index in [4.69, 9.17) is 20.1 Å². The first-order valence-corrected chi connectivity index (χ1v) is 7.93. The standard InChI is InChI=1S/C13H26O3.C3H8O2/c1-5-8-9-13(6-2,7-3)12(15)16-10-11(4)14;1-3(5)2-4/h11,14H,5-10H2,1-4H3;3-5H,2H2,1H3. The molecule has 0 aromatic carbocycles. The van der Waals surface area contributed by atoms with Gasteiger partial charge in [0.05, 0.1) is 24.2 Å². The second-order valence-corrected chi connectivity index (χ2v) is 5.57. The third kappa shape index (κ3) is 10.7. The highest BCUT2D eigenvalue weighted by Crippen LogP contribution is 2.34. The summed E-state index contributed by atoms with van der Waals surface area (Å²) in [6.45, 7) is 9.30. The highest BCUT2D eigenvalue weighted by molar-refractivity contribution is 5.76. The number of esters is 1. The van der Waals surface area contributed by atoms with E-state index in [-0.39, 0.29) is 24.6 Å². The number of aliphatic hydroxyl groups excluding tert-OH is 3. The van der Waals surface area contributed by atoms with Crippen LogP contribution in [0.25, 0.3) is 0 Å². The quantitative estimate of drug-likeness (QED) is 0.569. The van der Waals surface area contributed by atoms with Crippen molar-refractivity contribution in [3.05, 3.63) is 0 Å². The van der Waals surface area contributed by atoms with Crippen molar-refractivity contribution in [3.63, 3.8) is 0 Å². The Hall–Kier alpha value is -0.650. The fourth-order valence-electron chi connectivity index (χ4n) is 1.86. The van der Waals surface area contributed by atoms with Crippen LogP contribution in [0.2, 0.25) is 0 Å². The molecule has 0 bridgehead atoms. The van der Waals surface area contributed by atoms with Gasteiger partial charge in [-0.3, -0.25) is 4.79 Å². The zero-order valence-corrected chi connectivity index (χ0v) is 14.3. The first kappa shape index (κ1) is 22.6. The summed E-state index contributed by atoms with van der Waals surface area (Å²) in [4.78, 5) is 12.0. The highest BCUT2D eigenvalue weighted by Gasteiger charge is 2.35. The summed E-state index contributed by atoms with van der Waals surface area (Å²) in [7, 11) is 0. The molecule has 0 radical (unpaired) electrons. The van der Waals surface area contributed by atoms with E-state index in [9.17, 15) is 4.79 Å². The number of aliphatic hydroxyl groups is 3. The Morgan fingerprint density at radius 2 is 1.57 bits per heavy atom. The molecule has 2 unspecified atom stereocenters. The van der Waals surface area contributed by atoms with Gasteiger partial charge < -0.3 is 20.1 Å². The van der Waals surface area contributed by atoms with Gasteiger partial charge in [-0.05, 0) is 33.1 Å². The predicted molar refractivity (Wildman–Crippen MR) is 83.9 cm³/mol. The van der Waals surface area contributed by atoms with Crippen molar-refractivity contribution in [2.75, 3.05) is 13.2 Å². The number of rotatable bonds is 9. The van der Waals surface area contributed by atoms with E-state index in [0.29, 0.717) is 0 Å². The Kier molecular flexibility index (Phi) is 14.1. The van der Waals surface area contributed by atoms with E-state index in [0.717, 1.165) is 32.1 Å². The van der Waals surface area contributed by atoms with Crippen molar-refractivity contribution in [2.24, 2.45) is 5.41 Å². The number of unbranched alkanes of at least 4 members (excludes halogenated alkanes) is 1. The molecule has 0 aromatic heterocycles. The third-order valence-corrected chi connectivity index (χ3v) is 3.52. The molecule has 0 rings (SSSR count). The lowest BCUT2D eigenvalue weighted by molar-refractivity contribution is -0.159. The van der Waals surface area contributed by atoms with E-state index in [2.05, 4.69) is 6.92 Å². The largest absolute Gasteiger partial charge is 0.463 e. The summed E-state index contributed by atoms with van der Waals surface area (Å²) in [5.74, 6) is -0.146. The fraction of sp³-hybridized carbons (Fsp3) is 0.938. The Balaban J connectivity index is 0. The van der Waals surface area contributed by atoms with Crippen LogP contribution in [0.15, 0.2) is 0 Å². The van der Waals surface area contributed by atoms with E-state index in [1.165, 1.54) is 6.92 Å². The molecule has 0 aromatic rings. The topological polar surface area (TPSA) is 87.0 Å². The molecular formula is C16H34O5. The van der Waals surface area contributed by atoms with E-state index in [1.807, 2.05) is 13.8 Å². The molecule has 5 heteroatoms. The summed E-state index contributed by atoms with van der Waals surface area (Å²) in [5.41, 5.74) is -0.342. The van der Waals surface area contributed by atoms with Gasteiger partial charge in [-0.25, -0.2) is 0 Å². The predicted octanol–water partition coefficient (Wildman–Crippen LogP) is 2.27. The first-order valence-electron chi connectivity index (χ1n) is 7.93. The zero-order chi connectivity index (χ0) is 16.9. The van der Waals surface area contributed by atoms with Crippen LogP contribution in [0.3, 0.4) is 0 Å². The lowest BCUT2D eigenvalue weighted by Crippen LogP contribution is -2.33. The first-order chi connectivity index (χ1) is 9.79. The van der Waals surface area contributed by atoms with Gasteiger partial charge in [-0.15, -0.1) is 0 Å². The monoisotopic (exact) mass is 306 g/mol. The molecule has 0 aliphatic carbocycles. The lowest BCUT2D eigenvalue weighted by Gasteiger charge is -2.29. The number of hydrogen-bond donors (Lipinski definition) is 3. The molecule has 2 atom stereocenters. The van der Waals surface area contributed by atoms with Crippen LogP contribution in [0.4, 0.5) is 0 Å². The summed E-state index contributed by atoms with van der Waals surface area (Å²) in [6, 6.07) is 0. The van der Waals surface area contributed by atoms with Crippen molar-refractivity contribution in [1.82, 2.24) is 0 Å². The van der Waals surface area contributed by atoms with Crippen LogP contribution in [0.1, 0.15) is 66.7 Å². The van der Waals surface area contributed by atoms with Crippen LogP contribution < -0.4 is 0 Å². The molecule has 0 aliphatic rings. The molecule has 0 saturated heterocycles. The SMILES string of the molecule is CC(O)CO.CCCCC(CC)(CC)C(=O)OCC(C)O. The fourth-order valence-corrected chi connectivity index (χ4v) is 1.86. The van der Waals surface area contributed by atoms with Crippen molar-refractivity contribution >= 4 is 5.97 Å². The molecular weight excluding hydrogens is 272 g/mol. The maximum atomic E-state index is 12.0. The number of ether oxygens (including phenoxy) is 1. The van der Waals surface area contributed by atoms with E-state index >= 15 is 0 Å². The average Bonchev–Trinajstić information content (AvgIpc) is 2.47. The Morgan fingerprint density at radius 1 is 1.10 bits per heavy atom. The minimum Gasteiger partial charge on any atom is -0.463 e. The van der Waals surface area contributed by atoms with Crippen molar-refractivity contribution < 1.29 is 24.9 Å². The van der Waals surface area contributed by atoms with Crippen LogP contribution in [-0.4, -0.2) is 46.7 Å². The van der Waals surface area contributed by atoms with Crippen LogP contribution >= 0.6 is 0 Å². The second kappa shape index (κ2) is 13.0. The minimum absolute atomic E-state index is 0.104. The number of hydrogen-bond acceptors (Lipinski definition) is 5. The van der Waals surface area contributed by atoms with Gasteiger partial charge in [-0.2, -0.15) is 0 Å². The summed E-state index contributed by atoms with van der Waals surface area (Å²) < 4.78 is 5.16. The van der Waals surface area contributed by atoms with Gasteiger partial charge in [0, 0.05) is 0 Å². The van der Waals surface area contributed by atoms with Crippen LogP contribution in [0, 0.1) is 5.41 Å². The summed E-state index contributed by atoms with van der Waals surface area (Å²) >= 11 is 0. The lowest BCUT2D eigenvalue weighted by atomic mass is 9.78.